The summed E-state index contributed by atoms with van der Waals surface area (Å²) in [6.45, 7) is 0. The Kier molecular flexibility index (Phi) is 4.01. The second kappa shape index (κ2) is 5.52. The van der Waals surface area contributed by atoms with Gasteiger partial charge in [-0.2, -0.15) is 0 Å². The zero-order chi connectivity index (χ0) is 17.6. The molecular formula is C13H14O10. The van der Waals surface area contributed by atoms with Crippen molar-refractivity contribution in [3.8, 4) is 0 Å². The minimum Gasteiger partial charge on any atom is -0.481 e. The molecule has 126 valence electrons. The molecule has 3 aliphatic carbocycles. The van der Waals surface area contributed by atoms with E-state index in [-0.39, 0.29) is 6.42 Å². The van der Waals surface area contributed by atoms with Crippen LogP contribution in [0.5, 0.6) is 0 Å². The Balaban J connectivity index is 2.65. The molecule has 0 aromatic carbocycles. The first-order valence-corrected chi connectivity index (χ1v) is 6.73. The van der Waals surface area contributed by atoms with Gasteiger partial charge in [-0.3, -0.25) is 24.0 Å². The summed E-state index contributed by atoms with van der Waals surface area (Å²) in [5.41, 5.74) is 0. The van der Waals surface area contributed by atoms with E-state index in [0.717, 1.165) is 0 Å². The molecule has 5 N–H and O–H groups in total. The largest absolute Gasteiger partial charge is 0.481 e. The second-order valence-corrected chi connectivity index (χ2v) is 5.88. The van der Waals surface area contributed by atoms with Crippen molar-refractivity contribution >= 4 is 29.8 Å². The summed E-state index contributed by atoms with van der Waals surface area (Å²) < 4.78 is 0. The molecule has 3 rings (SSSR count). The van der Waals surface area contributed by atoms with Crippen molar-refractivity contribution in [1.82, 2.24) is 0 Å². The molecule has 23 heavy (non-hydrogen) atoms. The van der Waals surface area contributed by atoms with E-state index in [4.69, 9.17) is 0 Å². The summed E-state index contributed by atoms with van der Waals surface area (Å²) in [5.74, 6) is -19.0. The van der Waals surface area contributed by atoms with Crippen LogP contribution < -0.4 is 0 Å². The Morgan fingerprint density at radius 2 is 0.913 bits per heavy atom. The van der Waals surface area contributed by atoms with Gasteiger partial charge < -0.3 is 25.5 Å². The first kappa shape index (κ1) is 16.7. The van der Waals surface area contributed by atoms with Crippen molar-refractivity contribution in [3.05, 3.63) is 0 Å². The molecular weight excluding hydrogens is 316 g/mol. The van der Waals surface area contributed by atoms with Crippen molar-refractivity contribution in [2.24, 2.45) is 41.4 Å². The molecule has 5 unspecified atom stereocenters. The van der Waals surface area contributed by atoms with Crippen LogP contribution in [0.25, 0.3) is 0 Å². The first-order chi connectivity index (χ1) is 10.6. The van der Waals surface area contributed by atoms with E-state index >= 15 is 0 Å². The molecule has 0 saturated heterocycles. The van der Waals surface area contributed by atoms with E-state index < -0.39 is 71.3 Å². The summed E-state index contributed by atoms with van der Waals surface area (Å²) in [6, 6.07) is 0. The number of hydrogen-bond acceptors (Lipinski definition) is 5. The summed E-state index contributed by atoms with van der Waals surface area (Å²) in [4.78, 5) is 57.2. The lowest BCUT2D eigenvalue weighted by Gasteiger charge is -2.53. The van der Waals surface area contributed by atoms with E-state index in [1.165, 1.54) is 0 Å². The molecule has 0 spiro atoms. The molecule has 0 aromatic heterocycles. The molecule has 3 saturated carbocycles. The third kappa shape index (κ3) is 2.39. The topological polar surface area (TPSA) is 186 Å². The average Bonchev–Trinajstić information content (AvgIpc) is 2.43. The maximum absolute atomic E-state index is 11.5. The average molecular weight is 330 g/mol. The summed E-state index contributed by atoms with van der Waals surface area (Å²) in [5, 5.41) is 46.4. The van der Waals surface area contributed by atoms with Gasteiger partial charge in [0.25, 0.3) is 0 Å². The van der Waals surface area contributed by atoms with Gasteiger partial charge in [-0.1, -0.05) is 0 Å². The van der Waals surface area contributed by atoms with E-state index in [1.807, 2.05) is 0 Å². The van der Waals surface area contributed by atoms with Gasteiger partial charge >= 0.3 is 29.8 Å². The molecule has 10 heteroatoms. The Morgan fingerprint density at radius 3 is 1.17 bits per heavy atom. The quantitative estimate of drug-likeness (QED) is 0.424. The van der Waals surface area contributed by atoms with E-state index in [2.05, 4.69) is 0 Å². The number of hydrogen-bond donors (Lipinski definition) is 5. The van der Waals surface area contributed by atoms with Gasteiger partial charge in [0.05, 0.1) is 29.6 Å². The lowest BCUT2D eigenvalue weighted by molar-refractivity contribution is -0.200. The van der Waals surface area contributed by atoms with Gasteiger partial charge in [0.15, 0.2) is 0 Å². The van der Waals surface area contributed by atoms with Gasteiger partial charge in [0.2, 0.25) is 0 Å². The van der Waals surface area contributed by atoms with Crippen LogP contribution in [0.4, 0.5) is 0 Å². The molecule has 0 heterocycles. The number of carbonyl (C=O) groups is 5. The molecule has 3 fully saturated rings. The van der Waals surface area contributed by atoms with Crippen LogP contribution in [0, 0.1) is 41.4 Å². The minimum atomic E-state index is -1.76. The summed E-state index contributed by atoms with van der Waals surface area (Å²) in [7, 11) is 0. The fourth-order valence-corrected chi connectivity index (χ4v) is 4.28. The van der Waals surface area contributed by atoms with Crippen molar-refractivity contribution in [3.63, 3.8) is 0 Å². The SMILES string of the molecule is O=C(O)C1CC2C(C(=O)O)C(C(=O)O)C1C(C(=O)O)C2C(=O)O. The third-order valence-corrected chi connectivity index (χ3v) is 4.97. The van der Waals surface area contributed by atoms with Gasteiger partial charge in [-0.15, -0.1) is 0 Å². The predicted octanol–water partition coefficient (Wildman–Crippen LogP) is -0.860. The number of fused-ring (bicyclic) bond motifs is 3. The van der Waals surface area contributed by atoms with E-state index in [9.17, 15) is 49.5 Å². The predicted molar refractivity (Wildman–Crippen MR) is 67.2 cm³/mol. The number of rotatable bonds is 5. The molecule has 0 aliphatic heterocycles. The third-order valence-electron chi connectivity index (χ3n) is 4.97. The smallest absolute Gasteiger partial charge is 0.307 e. The molecule has 3 aliphatic rings. The van der Waals surface area contributed by atoms with Gasteiger partial charge in [0.1, 0.15) is 0 Å². The maximum Gasteiger partial charge on any atom is 0.307 e. The monoisotopic (exact) mass is 330 g/mol. The van der Waals surface area contributed by atoms with Crippen LogP contribution >= 0.6 is 0 Å². The highest BCUT2D eigenvalue weighted by Crippen LogP contribution is 2.57. The Hall–Kier alpha value is -2.65. The lowest BCUT2D eigenvalue weighted by atomic mass is 9.46. The Bertz CT molecular complexity index is 556. The number of carboxylic acid groups (broad SMARTS) is 5. The fraction of sp³-hybridized carbons (Fsp3) is 0.615. The van der Waals surface area contributed by atoms with E-state index in [1.54, 1.807) is 0 Å². The lowest BCUT2D eigenvalue weighted by Crippen LogP contribution is -2.63. The molecule has 0 amide bonds. The van der Waals surface area contributed by atoms with Crippen molar-refractivity contribution in [1.29, 1.82) is 0 Å². The van der Waals surface area contributed by atoms with Crippen molar-refractivity contribution in [2.45, 2.75) is 6.42 Å². The van der Waals surface area contributed by atoms with Gasteiger partial charge in [-0.05, 0) is 12.3 Å². The fourth-order valence-electron chi connectivity index (χ4n) is 4.28. The van der Waals surface area contributed by atoms with Gasteiger partial charge in [0, 0.05) is 5.92 Å². The summed E-state index contributed by atoms with van der Waals surface area (Å²) >= 11 is 0. The van der Waals surface area contributed by atoms with Crippen LogP contribution in [0.3, 0.4) is 0 Å². The van der Waals surface area contributed by atoms with E-state index in [0.29, 0.717) is 0 Å². The van der Waals surface area contributed by atoms with Gasteiger partial charge in [-0.25, -0.2) is 0 Å². The number of aliphatic carboxylic acids is 5. The van der Waals surface area contributed by atoms with Crippen LogP contribution in [0.2, 0.25) is 0 Å². The van der Waals surface area contributed by atoms with Crippen LogP contribution in [0.15, 0.2) is 0 Å². The normalized spacial score (nSPS) is 38.7. The second-order valence-electron chi connectivity index (χ2n) is 5.88. The highest BCUT2D eigenvalue weighted by molar-refractivity contribution is 5.89. The molecule has 2 bridgehead atoms. The van der Waals surface area contributed by atoms with Crippen molar-refractivity contribution in [2.75, 3.05) is 0 Å². The highest BCUT2D eigenvalue weighted by atomic mass is 16.4. The van der Waals surface area contributed by atoms with Crippen LogP contribution in [-0.4, -0.2) is 55.4 Å². The molecule has 10 nitrogen and oxygen atoms in total. The molecule has 5 atom stereocenters. The standard InChI is InChI=1S/C13H14O10/c14-9(15)3-1-2-5(10(16)17)7(12(20)21)4(3)8(13(22)23)6(2)11(18)19/h2-8H,1H2,(H,14,15)(H,16,17)(H,18,19)(H,20,21)(H,22,23). The first-order valence-electron chi connectivity index (χ1n) is 6.73. The highest BCUT2D eigenvalue weighted by Gasteiger charge is 2.67. The van der Waals surface area contributed by atoms with Crippen LogP contribution in [0.1, 0.15) is 6.42 Å². The minimum absolute atomic E-state index is 0.374. The van der Waals surface area contributed by atoms with Crippen molar-refractivity contribution < 1.29 is 49.5 Å². The zero-order valence-corrected chi connectivity index (χ0v) is 11.5. The molecule has 0 aromatic rings. The molecule has 0 radical (unpaired) electrons. The van der Waals surface area contributed by atoms with Crippen LogP contribution in [-0.2, 0) is 24.0 Å². The maximum atomic E-state index is 11.5. The Morgan fingerprint density at radius 1 is 0.565 bits per heavy atom. The summed E-state index contributed by atoms with van der Waals surface area (Å²) in [6.07, 6.45) is -0.374. The Labute approximate surface area is 128 Å². The number of carboxylic acids is 5. The zero-order valence-electron chi connectivity index (χ0n) is 11.5.